The Morgan fingerprint density at radius 3 is 2.83 bits per heavy atom. The van der Waals surface area contributed by atoms with Gasteiger partial charge in [0.1, 0.15) is 5.58 Å². The van der Waals surface area contributed by atoms with Crippen molar-refractivity contribution in [3.8, 4) is 0 Å². The van der Waals surface area contributed by atoms with Crippen molar-refractivity contribution in [1.29, 1.82) is 0 Å². The van der Waals surface area contributed by atoms with Crippen LogP contribution >= 0.6 is 0 Å². The predicted molar refractivity (Wildman–Crippen MR) is 66.5 cm³/mol. The van der Waals surface area contributed by atoms with Crippen LogP contribution in [0.2, 0.25) is 0 Å². The SMILES string of the molecule is Cc1ccc2occ(COCOS(C)(=O)=O)c2c1. The lowest BCUT2D eigenvalue weighted by molar-refractivity contribution is 0.00986. The highest BCUT2D eigenvalue weighted by Crippen LogP contribution is 2.22. The van der Waals surface area contributed by atoms with E-state index in [1.54, 1.807) is 6.26 Å². The highest BCUT2D eigenvalue weighted by atomic mass is 32.2. The summed E-state index contributed by atoms with van der Waals surface area (Å²) in [5, 5.41) is 0.967. The van der Waals surface area contributed by atoms with Crippen LogP contribution in [0, 0.1) is 6.92 Å². The summed E-state index contributed by atoms with van der Waals surface area (Å²) in [6.45, 7) is 1.94. The molecule has 1 heterocycles. The van der Waals surface area contributed by atoms with E-state index >= 15 is 0 Å². The van der Waals surface area contributed by atoms with Crippen molar-refractivity contribution in [2.45, 2.75) is 13.5 Å². The molecule has 0 radical (unpaired) electrons. The molecule has 0 aliphatic carbocycles. The normalized spacial score (nSPS) is 12.1. The zero-order valence-corrected chi connectivity index (χ0v) is 11.0. The summed E-state index contributed by atoms with van der Waals surface area (Å²) in [5.41, 5.74) is 2.77. The highest BCUT2D eigenvalue weighted by Gasteiger charge is 2.07. The summed E-state index contributed by atoms with van der Waals surface area (Å²) in [6, 6.07) is 5.85. The van der Waals surface area contributed by atoms with Gasteiger partial charge in [-0.2, -0.15) is 8.42 Å². The molecule has 1 aromatic heterocycles. The topological polar surface area (TPSA) is 65.7 Å². The Morgan fingerprint density at radius 1 is 1.33 bits per heavy atom. The molecular formula is C12H14O5S. The molecule has 0 atom stereocenters. The van der Waals surface area contributed by atoms with E-state index < -0.39 is 10.1 Å². The largest absolute Gasteiger partial charge is 0.464 e. The van der Waals surface area contributed by atoms with E-state index in [1.807, 2.05) is 25.1 Å². The van der Waals surface area contributed by atoms with Crippen molar-refractivity contribution in [3.05, 3.63) is 35.6 Å². The van der Waals surface area contributed by atoms with Gasteiger partial charge in [-0.25, -0.2) is 4.18 Å². The lowest BCUT2D eigenvalue weighted by atomic mass is 10.1. The molecular weight excluding hydrogens is 256 g/mol. The minimum atomic E-state index is -3.46. The standard InChI is InChI=1S/C12H14O5S/c1-9-3-4-12-11(5-9)10(7-16-12)6-15-8-17-18(2,13)14/h3-5,7H,6,8H2,1-2H3. The first-order valence-electron chi connectivity index (χ1n) is 5.34. The Labute approximate surface area is 105 Å². The monoisotopic (exact) mass is 270 g/mol. The molecule has 0 amide bonds. The van der Waals surface area contributed by atoms with Crippen molar-refractivity contribution in [2.24, 2.45) is 0 Å². The van der Waals surface area contributed by atoms with Gasteiger partial charge in [0, 0.05) is 10.9 Å². The summed E-state index contributed by atoms with van der Waals surface area (Å²) in [7, 11) is -3.46. The summed E-state index contributed by atoms with van der Waals surface area (Å²) in [6.07, 6.45) is 2.58. The summed E-state index contributed by atoms with van der Waals surface area (Å²) in [5.74, 6) is 0. The first-order chi connectivity index (χ1) is 8.46. The Balaban J connectivity index is 2.02. The Bertz CT molecular complexity index is 642. The van der Waals surface area contributed by atoms with E-state index in [0.717, 1.165) is 28.4 Å². The van der Waals surface area contributed by atoms with Gasteiger partial charge in [-0.1, -0.05) is 11.6 Å². The zero-order chi connectivity index (χ0) is 13.2. The maximum absolute atomic E-state index is 10.7. The van der Waals surface area contributed by atoms with Gasteiger partial charge in [0.15, 0.2) is 6.79 Å². The van der Waals surface area contributed by atoms with Crippen molar-refractivity contribution < 1.29 is 21.8 Å². The third-order valence-corrected chi connectivity index (χ3v) is 2.94. The molecule has 6 heteroatoms. The number of ether oxygens (including phenoxy) is 1. The van der Waals surface area contributed by atoms with Crippen molar-refractivity contribution in [1.82, 2.24) is 0 Å². The maximum atomic E-state index is 10.7. The molecule has 0 aliphatic rings. The van der Waals surface area contributed by atoms with Gasteiger partial charge in [0.2, 0.25) is 0 Å². The van der Waals surface area contributed by atoms with E-state index in [2.05, 4.69) is 4.18 Å². The third kappa shape index (κ3) is 3.32. The van der Waals surface area contributed by atoms with E-state index in [9.17, 15) is 8.42 Å². The molecule has 18 heavy (non-hydrogen) atoms. The summed E-state index contributed by atoms with van der Waals surface area (Å²) >= 11 is 0. The Morgan fingerprint density at radius 2 is 2.11 bits per heavy atom. The predicted octanol–water partition coefficient (Wildman–Crippen LogP) is 2.19. The molecule has 0 aliphatic heterocycles. The number of aryl methyl sites for hydroxylation is 1. The quantitative estimate of drug-likeness (QED) is 0.473. The molecule has 0 fully saturated rings. The van der Waals surface area contributed by atoms with Gasteiger partial charge >= 0.3 is 0 Å². The summed E-state index contributed by atoms with van der Waals surface area (Å²) in [4.78, 5) is 0. The van der Waals surface area contributed by atoms with Crippen LogP contribution in [0.15, 0.2) is 28.9 Å². The number of fused-ring (bicyclic) bond motifs is 1. The molecule has 1 aromatic carbocycles. The number of hydrogen-bond acceptors (Lipinski definition) is 5. The molecule has 5 nitrogen and oxygen atoms in total. The molecule has 0 saturated carbocycles. The Hall–Kier alpha value is -1.37. The minimum Gasteiger partial charge on any atom is -0.464 e. The lowest BCUT2D eigenvalue weighted by Crippen LogP contribution is -2.06. The van der Waals surface area contributed by atoms with Crippen molar-refractivity contribution in [2.75, 3.05) is 13.0 Å². The van der Waals surface area contributed by atoms with Crippen LogP contribution in [-0.4, -0.2) is 21.5 Å². The first-order valence-corrected chi connectivity index (χ1v) is 7.16. The van der Waals surface area contributed by atoms with Crippen molar-refractivity contribution >= 4 is 21.1 Å². The van der Waals surface area contributed by atoms with Gasteiger partial charge < -0.3 is 9.15 Å². The van der Waals surface area contributed by atoms with Crippen LogP contribution in [0.25, 0.3) is 11.0 Å². The van der Waals surface area contributed by atoms with E-state index in [0.29, 0.717) is 0 Å². The fourth-order valence-electron chi connectivity index (χ4n) is 1.58. The molecule has 2 rings (SSSR count). The molecule has 0 unspecified atom stereocenters. The number of hydrogen-bond donors (Lipinski definition) is 0. The molecule has 2 aromatic rings. The maximum Gasteiger partial charge on any atom is 0.266 e. The second kappa shape index (κ2) is 5.09. The fraction of sp³-hybridized carbons (Fsp3) is 0.333. The van der Waals surface area contributed by atoms with Crippen LogP contribution in [0.1, 0.15) is 11.1 Å². The van der Waals surface area contributed by atoms with Gasteiger partial charge in [-0.15, -0.1) is 0 Å². The number of benzene rings is 1. The Kier molecular flexibility index (Phi) is 3.70. The molecule has 98 valence electrons. The minimum absolute atomic E-state index is 0.242. The van der Waals surface area contributed by atoms with Crippen LogP contribution in [0.5, 0.6) is 0 Å². The van der Waals surface area contributed by atoms with Crippen LogP contribution in [0.4, 0.5) is 0 Å². The number of rotatable bonds is 5. The van der Waals surface area contributed by atoms with E-state index in [1.165, 1.54) is 0 Å². The molecule has 0 saturated heterocycles. The number of furan rings is 1. The molecule has 0 spiro atoms. The average Bonchev–Trinajstić information content (AvgIpc) is 2.66. The smallest absolute Gasteiger partial charge is 0.266 e. The second-order valence-corrected chi connectivity index (χ2v) is 5.69. The third-order valence-electron chi connectivity index (χ3n) is 2.41. The highest BCUT2D eigenvalue weighted by molar-refractivity contribution is 7.85. The molecule has 0 bridgehead atoms. The van der Waals surface area contributed by atoms with Crippen molar-refractivity contribution in [3.63, 3.8) is 0 Å². The summed E-state index contributed by atoms with van der Waals surface area (Å²) < 4.78 is 36.4. The first kappa shape index (κ1) is 13.1. The van der Waals surface area contributed by atoms with Gasteiger partial charge in [-0.05, 0) is 19.1 Å². The van der Waals surface area contributed by atoms with Gasteiger partial charge in [-0.3, -0.25) is 0 Å². The lowest BCUT2D eigenvalue weighted by Gasteiger charge is -2.02. The second-order valence-electron chi connectivity index (χ2n) is 4.05. The zero-order valence-electron chi connectivity index (χ0n) is 10.2. The van der Waals surface area contributed by atoms with E-state index in [-0.39, 0.29) is 13.4 Å². The van der Waals surface area contributed by atoms with Crippen LogP contribution in [0.3, 0.4) is 0 Å². The molecule has 0 N–H and O–H groups in total. The van der Waals surface area contributed by atoms with E-state index in [4.69, 9.17) is 9.15 Å². The van der Waals surface area contributed by atoms with Gasteiger partial charge in [0.05, 0.1) is 19.1 Å². The van der Waals surface area contributed by atoms with Crippen LogP contribution < -0.4 is 0 Å². The van der Waals surface area contributed by atoms with Gasteiger partial charge in [0.25, 0.3) is 10.1 Å². The fourth-order valence-corrected chi connectivity index (χ4v) is 1.82. The average molecular weight is 270 g/mol. The van der Waals surface area contributed by atoms with Crippen LogP contribution in [-0.2, 0) is 25.6 Å².